The Labute approximate surface area is 219 Å². The molecule has 37 heavy (non-hydrogen) atoms. The fourth-order valence-corrected chi connectivity index (χ4v) is 6.84. The smallest absolute Gasteiger partial charge is 0.335 e. The minimum atomic E-state index is -0.867. The molecule has 2 aliphatic heterocycles. The predicted octanol–water partition coefficient (Wildman–Crippen LogP) is 6.27. The summed E-state index contributed by atoms with van der Waals surface area (Å²) < 4.78 is 8.67. The van der Waals surface area contributed by atoms with E-state index in [1.54, 1.807) is 6.07 Å². The molecule has 0 amide bonds. The Kier molecular flexibility index (Phi) is 6.85. The fourth-order valence-electron chi connectivity index (χ4n) is 6.84. The molecule has 0 bridgehead atoms. The van der Waals surface area contributed by atoms with E-state index in [4.69, 9.17) is 4.74 Å². The van der Waals surface area contributed by atoms with Gasteiger partial charge in [-0.3, -0.25) is 0 Å². The summed E-state index contributed by atoms with van der Waals surface area (Å²) in [6.45, 7) is 4.71. The maximum atomic E-state index is 11.8. The lowest BCUT2D eigenvalue weighted by molar-refractivity contribution is 0.0697. The van der Waals surface area contributed by atoms with Crippen molar-refractivity contribution in [3.05, 3.63) is 47.5 Å². The Balaban J connectivity index is 1.40. The molecule has 1 aliphatic carbocycles. The number of rotatable bonds is 6. The SMILES string of the molecule is CN1CCn2c(c(C3CCCCC3)c3ccc(C(=O)O)cc32)-c2ccc(OCCC3CCNCC3)cc21. The number of anilines is 1. The number of aromatic carboxylic acids is 1. The summed E-state index contributed by atoms with van der Waals surface area (Å²) in [5.41, 5.74) is 6.56. The highest BCUT2D eigenvalue weighted by atomic mass is 16.5. The van der Waals surface area contributed by atoms with E-state index in [0.717, 1.165) is 56.4 Å². The molecule has 3 aliphatic rings. The van der Waals surface area contributed by atoms with Gasteiger partial charge in [-0.15, -0.1) is 0 Å². The highest BCUT2D eigenvalue weighted by molar-refractivity contribution is 5.99. The van der Waals surface area contributed by atoms with Crippen molar-refractivity contribution in [3.8, 4) is 17.0 Å². The van der Waals surface area contributed by atoms with Crippen molar-refractivity contribution in [3.63, 3.8) is 0 Å². The van der Waals surface area contributed by atoms with Crippen molar-refractivity contribution < 1.29 is 14.6 Å². The summed E-state index contributed by atoms with van der Waals surface area (Å²) >= 11 is 0. The highest BCUT2D eigenvalue weighted by Crippen LogP contribution is 2.48. The van der Waals surface area contributed by atoms with Crippen molar-refractivity contribution in [1.29, 1.82) is 0 Å². The van der Waals surface area contributed by atoms with E-state index in [-0.39, 0.29) is 0 Å². The molecule has 0 radical (unpaired) electrons. The van der Waals surface area contributed by atoms with Crippen molar-refractivity contribution >= 4 is 22.6 Å². The Morgan fingerprint density at radius 1 is 1.03 bits per heavy atom. The third-order valence-electron chi connectivity index (χ3n) is 8.91. The summed E-state index contributed by atoms with van der Waals surface area (Å²) in [6, 6.07) is 12.3. The fraction of sp³-hybridized carbons (Fsp3) is 0.516. The summed E-state index contributed by atoms with van der Waals surface area (Å²) in [5.74, 6) is 1.35. The van der Waals surface area contributed by atoms with Crippen LogP contribution >= 0.6 is 0 Å². The first kappa shape index (κ1) is 24.4. The number of piperidine rings is 1. The van der Waals surface area contributed by atoms with Gasteiger partial charge in [0, 0.05) is 48.4 Å². The van der Waals surface area contributed by atoms with Gasteiger partial charge in [0.05, 0.1) is 17.9 Å². The van der Waals surface area contributed by atoms with Crippen LogP contribution in [0.15, 0.2) is 36.4 Å². The Hall–Kier alpha value is -2.99. The lowest BCUT2D eigenvalue weighted by Gasteiger charge is -2.25. The molecule has 1 saturated heterocycles. The number of hydrogen-bond donors (Lipinski definition) is 2. The zero-order chi connectivity index (χ0) is 25.4. The average molecular weight is 502 g/mol. The van der Waals surface area contributed by atoms with E-state index in [9.17, 15) is 9.90 Å². The number of hydrogen-bond acceptors (Lipinski definition) is 4. The molecule has 2 aromatic carbocycles. The molecule has 0 atom stereocenters. The predicted molar refractivity (Wildman–Crippen MR) is 149 cm³/mol. The van der Waals surface area contributed by atoms with E-state index < -0.39 is 5.97 Å². The van der Waals surface area contributed by atoms with Gasteiger partial charge in [-0.1, -0.05) is 25.3 Å². The second kappa shape index (κ2) is 10.4. The van der Waals surface area contributed by atoms with E-state index in [1.807, 2.05) is 6.07 Å². The van der Waals surface area contributed by atoms with Gasteiger partial charge in [0.15, 0.2) is 0 Å². The number of carbonyl (C=O) groups is 1. The topological polar surface area (TPSA) is 66.7 Å². The van der Waals surface area contributed by atoms with Gasteiger partial charge < -0.3 is 24.6 Å². The number of aromatic nitrogens is 1. The zero-order valence-electron chi connectivity index (χ0n) is 22.0. The molecule has 1 aromatic heterocycles. The number of likely N-dealkylation sites (N-methyl/N-ethyl adjacent to an activating group) is 1. The molecule has 3 aromatic rings. The van der Waals surface area contributed by atoms with Gasteiger partial charge in [-0.2, -0.15) is 0 Å². The van der Waals surface area contributed by atoms with Crippen LogP contribution in [0.2, 0.25) is 0 Å². The number of nitrogens with zero attached hydrogens (tertiary/aromatic N) is 2. The van der Waals surface area contributed by atoms with Gasteiger partial charge in [-0.05, 0) is 86.9 Å². The molecule has 0 spiro atoms. The molecule has 196 valence electrons. The van der Waals surface area contributed by atoms with Crippen LogP contribution in [0, 0.1) is 5.92 Å². The zero-order valence-corrected chi connectivity index (χ0v) is 22.0. The first-order valence-corrected chi connectivity index (χ1v) is 14.2. The summed E-state index contributed by atoms with van der Waals surface area (Å²) in [6.07, 6.45) is 9.85. The third kappa shape index (κ3) is 4.72. The number of carboxylic acids is 1. The second-order valence-corrected chi connectivity index (χ2v) is 11.2. The van der Waals surface area contributed by atoms with E-state index in [0.29, 0.717) is 11.5 Å². The van der Waals surface area contributed by atoms with E-state index >= 15 is 0 Å². The Bertz CT molecular complexity index is 1280. The highest BCUT2D eigenvalue weighted by Gasteiger charge is 2.30. The van der Waals surface area contributed by atoms with Gasteiger partial charge in [0.1, 0.15) is 5.75 Å². The van der Waals surface area contributed by atoms with Crippen molar-refractivity contribution in [1.82, 2.24) is 9.88 Å². The minimum Gasteiger partial charge on any atom is -0.494 e. The van der Waals surface area contributed by atoms with Crippen LogP contribution in [0.1, 0.15) is 73.2 Å². The molecule has 6 rings (SSSR count). The van der Waals surface area contributed by atoms with Crippen LogP contribution in [-0.4, -0.2) is 48.9 Å². The number of benzene rings is 2. The number of carboxylic acid groups (broad SMARTS) is 1. The maximum absolute atomic E-state index is 11.8. The van der Waals surface area contributed by atoms with Crippen LogP contribution in [0.25, 0.3) is 22.2 Å². The number of nitrogens with one attached hydrogen (secondary N) is 1. The van der Waals surface area contributed by atoms with Gasteiger partial charge >= 0.3 is 5.97 Å². The number of fused-ring (bicyclic) bond motifs is 5. The molecule has 2 fully saturated rings. The Morgan fingerprint density at radius 2 is 1.84 bits per heavy atom. The van der Waals surface area contributed by atoms with Crippen LogP contribution in [0.4, 0.5) is 5.69 Å². The Morgan fingerprint density at radius 3 is 2.62 bits per heavy atom. The molecular weight excluding hydrogens is 462 g/mol. The summed E-state index contributed by atoms with van der Waals surface area (Å²) in [5, 5.41) is 14.4. The summed E-state index contributed by atoms with van der Waals surface area (Å²) in [7, 11) is 2.16. The molecule has 6 heteroatoms. The molecule has 3 heterocycles. The van der Waals surface area contributed by atoms with Gasteiger partial charge in [-0.25, -0.2) is 4.79 Å². The monoisotopic (exact) mass is 501 g/mol. The van der Waals surface area contributed by atoms with Crippen molar-refractivity contribution in [2.75, 3.05) is 38.2 Å². The summed E-state index contributed by atoms with van der Waals surface area (Å²) in [4.78, 5) is 14.2. The average Bonchev–Trinajstić information content (AvgIpc) is 3.18. The second-order valence-electron chi connectivity index (χ2n) is 11.2. The lowest BCUT2D eigenvalue weighted by atomic mass is 9.81. The van der Waals surface area contributed by atoms with E-state index in [1.165, 1.54) is 72.8 Å². The number of ether oxygens (including phenoxy) is 1. The quantitative estimate of drug-likeness (QED) is 0.417. The van der Waals surface area contributed by atoms with Crippen molar-refractivity contribution in [2.24, 2.45) is 5.92 Å². The first-order chi connectivity index (χ1) is 18.1. The normalized spacial score (nSPS) is 18.9. The standard InChI is InChI=1S/C31H39N3O3/c1-33-16-17-34-28-19-23(31(35)36)7-9-25(28)29(22-5-3-2-4-6-22)30(34)26-10-8-24(20-27(26)33)37-18-13-21-11-14-32-15-12-21/h7-10,19-22,32H,2-6,11-18H2,1H3,(H,35,36). The molecule has 0 unspecified atom stereocenters. The molecular formula is C31H39N3O3. The first-order valence-electron chi connectivity index (χ1n) is 14.2. The lowest BCUT2D eigenvalue weighted by Crippen LogP contribution is -2.28. The van der Waals surface area contributed by atoms with E-state index in [2.05, 4.69) is 46.1 Å². The van der Waals surface area contributed by atoms with Crippen LogP contribution in [0.3, 0.4) is 0 Å². The van der Waals surface area contributed by atoms with Crippen molar-refractivity contribution in [2.45, 2.75) is 63.8 Å². The third-order valence-corrected chi connectivity index (χ3v) is 8.91. The molecule has 1 saturated carbocycles. The van der Waals surface area contributed by atoms with Gasteiger partial charge in [0.2, 0.25) is 0 Å². The molecule has 6 nitrogen and oxygen atoms in total. The van der Waals surface area contributed by atoms with Crippen LogP contribution in [0.5, 0.6) is 5.75 Å². The maximum Gasteiger partial charge on any atom is 0.335 e. The van der Waals surface area contributed by atoms with Gasteiger partial charge in [0.25, 0.3) is 0 Å². The van der Waals surface area contributed by atoms with Crippen LogP contribution < -0.4 is 15.0 Å². The van der Waals surface area contributed by atoms with Crippen LogP contribution in [-0.2, 0) is 6.54 Å². The minimum absolute atomic E-state index is 0.360. The molecule has 2 N–H and O–H groups in total. The largest absolute Gasteiger partial charge is 0.494 e.